The molecule has 0 aromatic heterocycles. The number of nitrogens with zero attached hydrogens (tertiary/aromatic N) is 1. The number of amides is 3. The molecule has 2 N–H and O–H groups in total. The average molecular weight is 417 g/mol. The lowest BCUT2D eigenvalue weighted by molar-refractivity contribution is -0.116. The second-order valence-corrected chi connectivity index (χ2v) is 7.21. The molecule has 0 atom stereocenters. The zero-order valence-electron chi connectivity index (χ0n) is 16.6. The number of nitrogens with one attached hydrogen (secondary N) is 2. The Hall–Kier alpha value is -4.00. The van der Waals surface area contributed by atoms with E-state index in [2.05, 4.69) is 10.6 Å². The second kappa shape index (κ2) is 8.79. The maximum atomic E-state index is 13.2. The predicted octanol–water partition coefficient (Wildman–Crippen LogP) is 4.00. The van der Waals surface area contributed by atoms with Crippen LogP contribution in [0.25, 0.3) is 0 Å². The third-order valence-electron chi connectivity index (χ3n) is 4.96. The number of rotatable bonds is 5. The molecule has 1 aliphatic heterocycles. The normalized spacial score (nSPS) is 12.7. The first-order valence-corrected chi connectivity index (χ1v) is 9.85. The summed E-state index contributed by atoms with van der Waals surface area (Å²) >= 11 is 0. The van der Waals surface area contributed by atoms with Crippen molar-refractivity contribution in [1.82, 2.24) is 0 Å². The molecule has 0 saturated heterocycles. The molecule has 7 heteroatoms. The lowest BCUT2D eigenvalue weighted by atomic mass is 10.1. The number of aryl methyl sites for hydroxylation is 1. The molecule has 3 aromatic rings. The van der Waals surface area contributed by atoms with Crippen molar-refractivity contribution in [3.8, 4) is 0 Å². The first kappa shape index (κ1) is 20.3. The quantitative estimate of drug-likeness (QED) is 0.659. The number of benzene rings is 3. The van der Waals surface area contributed by atoms with Crippen molar-refractivity contribution in [3.63, 3.8) is 0 Å². The Balaban J connectivity index is 1.39. The van der Waals surface area contributed by atoms with Crippen LogP contribution in [0.15, 0.2) is 72.8 Å². The van der Waals surface area contributed by atoms with Gasteiger partial charge in [0.2, 0.25) is 11.8 Å². The predicted molar refractivity (Wildman–Crippen MR) is 117 cm³/mol. The van der Waals surface area contributed by atoms with Gasteiger partial charge < -0.3 is 10.6 Å². The van der Waals surface area contributed by atoms with E-state index in [-0.39, 0.29) is 36.5 Å². The Morgan fingerprint density at radius 1 is 1.00 bits per heavy atom. The van der Waals surface area contributed by atoms with E-state index in [0.29, 0.717) is 29.0 Å². The minimum Gasteiger partial charge on any atom is -0.326 e. The highest BCUT2D eigenvalue weighted by Gasteiger charge is 2.27. The summed E-state index contributed by atoms with van der Waals surface area (Å²) in [5.74, 6) is -1.09. The van der Waals surface area contributed by atoms with Crippen molar-refractivity contribution < 1.29 is 18.8 Å². The van der Waals surface area contributed by atoms with Crippen molar-refractivity contribution in [2.75, 3.05) is 22.1 Å². The third-order valence-corrected chi connectivity index (χ3v) is 4.96. The summed E-state index contributed by atoms with van der Waals surface area (Å²) in [6, 6.07) is 19.8. The summed E-state index contributed by atoms with van der Waals surface area (Å²) in [6.45, 7) is -0.0611. The van der Waals surface area contributed by atoms with Gasteiger partial charge in [0, 0.05) is 17.7 Å². The van der Waals surface area contributed by atoms with Crippen LogP contribution in [0.3, 0.4) is 0 Å². The van der Waals surface area contributed by atoms with Gasteiger partial charge in [-0.3, -0.25) is 19.3 Å². The van der Waals surface area contributed by atoms with Gasteiger partial charge in [-0.25, -0.2) is 4.39 Å². The Bertz CT molecular complexity index is 1140. The monoisotopic (exact) mass is 417 g/mol. The van der Waals surface area contributed by atoms with Crippen LogP contribution in [0.2, 0.25) is 0 Å². The summed E-state index contributed by atoms with van der Waals surface area (Å²) in [7, 11) is 0. The maximum absolute atomic E-state index is 13.2. The minimum absolute atomic E-state index is 0.0611. The number of halogens is 1. The molecule has 1 aliphatic rings. The molecule has 0 spiro atoms. The minimum atomic E-state index is -0.327. The summed E-state index contributed by atoms with van der Waals surface area (Å²) < 4.78 is 13.2. The molecule has 0 fully saturated rings. The van der Waals surface area contributed by atoms with Crippen molar-refractivity contribution in [2.24, 2.45) is 0 Å². The SMILES string of the molecule is O=C(CCc1cccc(F)c1)Nc1ccc(C(=O)N2CC(=O)Nc3ccccc32)cc1. The van der Waals surface area contributed by atoms with Gasteiger partial charge in [-0.2, -0.15) is 0 Å². The Kier molecular flexibility index (Phi) is 5.75. The lowest BCUT2D eigenvalue weighted by Gasteiger charge is -2.29. The highest BCUT2D eigenvalue weighted by Crippen LogP contribution is 2.30. The van der Waals surface area contributed by atoms with Crippen LogP contribution < -0.4 is 15.5 Å². The van der Waals surface area contributed by atoms with Gasteiger partial charge in [-0.05, 0) is 60.5 Å². The molecule has 0 saturated carbocycles. The van der Waals surface area contributed by atoms with Gasteiger partial charge in [0.15, 0.2) is 0 Å². The second-order valence-electron chi connectivity index (χ2n) is 7.21. The fourth-order valence-electron chi connectivity index (χ4n) is 3.44. The fourth-order valence-corrected chi connectivity index (χ4v) is 3.44. The summed E-state index contributed by atoms with van der Waals surface area (Å²) in [5, 5.41) is 5.53. The first-order chi connectivity index (χ1) is 15.0. The number of carbonyl (C=O) groups excluding carboxylic acids is 3. The molecule has 0 radical (unpaired) electrons. The number of hydrogen-bond donors (Lipinski definition) is 2. The molecule has 31 heavy (non-hydrogen) atoms. The van der Waals surface area contributed by atoms with Crippen LogP contribution in [0.4, 0.5) is 21.5 Å². The van der Waals surface area contributed by atoms with E-state index < -0.39 is 0 Å². The third kappa shape index (κ3) is 4.78. The highest BCUT2D eigenvalue weighted by molar-refractivity contribution is 6.15. The number of para-hydroxylation sites is 2. The van der Waals surface area contributed by atoms with Gasteiger partial charge in [0.1, 0.15) is 12.4 Å². The van der Waals surface area contributed by atoms with E-state index in [4.69, 9.17) is 0 Å². The number of fused-ring (bicyclic) bond motifs is 1. The molecule has 156 valence electrons. The van der Waals surface area contributed by atoms with Gasteiger partial charge in [0.25, 0.3) is 5.91 Å². The average Bonchev–Trinajstić information content (AvgIpc) is 2.77. The zero-order valence-corrected chi connectivity index (χ0v) is 16.6. The standard InChI is InChI=1S/C24H20FN3O3/c25-18-5-3-4-16(14-18)8-13-22(29)26-19-11-9-17(10-12-19)24(31)28-15-23(30)27-20-6-1-2-7-21(20)28/h1-7,9-12,14H,8,13,15H2,(H,26,29)(H,27,30). The number of hydrogen-bond acceptors (Lipinski definition) is 3. The molecular weight excluding hydrogens is 397 g/mol. The van der Waals surface area contributed by atoms with Crippen LogP contribution in [0.1, 0.15) is 22.3 Å². The van der Waals surface area contributed by atoms with E-state index in [1.54, 1.807) is 60.7 Å². The summed E-state index contributed by atoms with van der Waals surface area (Å²) in [5.41, 5.74) is 2.94. The van der Waals surface area contributed by atoms with E-state index in [1.807, 2.05) is 0 Å². The van der Waals surface area contributed by atoms with Crippen LogP contribution in [-0.2, 0) is 16.0 Å². The smallest absolute Gasteiger partial charge is 0.258 e. The maximum Gasteiger partial charge on any atom is 0.258 e. The van der Waals surface area contributed by atoms with Crippen LogP contribution in [-0.4, -0.2) is 24.3 Å². The number of carbonyl (C=O) groups is 3. The van der Waals surface area contributed by atoms with Crippen molar-refractivity contribution in [3.05, 3.63) is 89.7 Å². The van der Waals surface area contributed by atoms with Crippen molar-refractivity contribution >= 4 is 34.8 Å². The van der Waals surface area contributed by atoms with Gasteiger partial charge in [-0.1, -0.05) is 24.3 Å². The van der Waals surface area contributed by atoms with E-state index >= 15 is 0 Å². The van der Waals surface area contributed by atoms with Gasteiger partial charge >= 0.3 is 0 Å². The van der Waals surface area contributed by atoms with Crippen molar-refractivity contribution in [1.29, 1.82) is 0 Å². The fraction of sp³-hybridized carbons (Fsp3) is 0.125. The topological polar surface area (TPSA) is 78.5 Å². The van der Waals surface area contributed by atoms with Crippen LogP contribution in [0, 0.1) is 5.82 Å². The van der Waals surface area contributed by atoms with E-state index in [1.165, 1.54) is 17.0 Å². The largest absolute Gasteiger partial charge is 0.326 e. The molecule has 0 bridgehead atoms. The van der Waals surface area contributed by atoms with Gasteiger partial charge in [-0.15, -0.1) is 0 Å². The number of anilines is 3. The Labute approximate surface area is 178 Å². The molecular formula is C24H20FN3O3. The molecule has 6 nitrogen and oxygen atoms in total. The van der Waals surface area contributed by atoms with Gasteiger partial charge in [0.05, 0.1) is 11.4 Å². The van der Waals surface area contributed by atoms with Crippen LogP contribution in [0.5, 0.6) is 0 Å². The molecule has 0 unspecified atom stereocenters. The Morgan fingerprint density at radius 2 is 1.77 bits per heavy atom. The molecule has 3 amide bonds. The molecule has 4 rings (SSSR count). The van der Waals surface area contributed by atoms with E-state index in [0.717, 1.165) is 5.56 Å². The zero-order chi connectivity index (χ0) is 21.8. The molecule has 0 aliphatic carbocycles. The van der Waals surface area contributed by atoms with E-state index in [9.17, 15) is 18.8 Å². The summed E-state index contributed by atoms with van der Waals surface area (Å²) in [4.78, 5) is 38.5. The molecule has 1 heterocycles. The van der Waals surface area contributed by atoms with Crippen molar-refractivity contribution in [2.45, 2.75) is 12.8 Å². The first-order valence-electron chi connectivity index (χ1n) is 9.85. The Morgan fingerprint density at radius 3 is 2.55 bits per heavy atom. The summed E-state index contributed by atoms with van der Waals surface area (Å²) in [6.07, 6.45) is 0.639. The molecule has 3 aromatic carbocycles. The highest BCUT2D eigenvalue weighted by atomic mass is 19.1. The lowest BCUT2D eigenvalue weighted by Crippen LogP contribution is -2.42. The van der Waals surface area contributed by atoms with Crippen LogP contribution >= 0.6 is 0 Å².